The van der Waals surface area contributed by atoms with Crippen LogP contribution in [0.4, 0.5) is 10.8 Å². The van der Waals surface area contributed by atoms with Crippen LogP contribution >= 0.6 is 11.3 Å². The van der Waals surface area contributed by atoms with Gasteiger partial charge in [-0.25, -0.2) is 13.4 Å². The van der Waals surface area contributed by atoms with E-state index in [0.29, 0.717) is 16.5 Å². The number of nitrogens with one attached hydrogen (secondary N) is 2. The lowest BCUT2D eigenvalue weighted by Gasteiger charge is -2.10. The van der Waals surface area contributed by atoms with Crippen molar-refractivity contribution >= 4 is 38.1 Å². The second kappa shape index (κ2) is 9.86. The minimum Gasteiger partial charge on any atom is -0.302 e. The van der Waals surface area contributed by atoms with Gasteiger partial charge in [-0.3, -0.25) is 9.52 Å². The second-order valence-corrected chi connectivity index (χ2v) is 9.55. The zero-order valence-electron chi connectivity index (χ0n) is 17.0. The molecular weight excluding hydrogens is 418 g/mol. The number of carbonyl (C=O) groups excluding carboxylic acids is 1. The zero-order valence-corrected chi connectivity index (χ0v) is 18.6. The van der Waals surface area contributed by atoms with E-state index in [9.17, 15) is 13.2 Å². The molecule has 0 spiro atoms. The van der Waals surface area contributed by atoms with Gasteiger partial charge in [0.25, 0.3) is 10.0 Å². The number of hydrogen-bond donors (Lipinski definition) is 2. The maximum Gasteiger partial charge on any atom is 0.261 e. The van der Waals surface area contributed by atoms with Crippen molar-refractivity contribution in [3.05, 3.63) is 59.5 Å². The molecule has 0 saturated carbocycles. The first kappa shape index (κ1) is 22.0. The van der Waals surface area contributed by atoms with Crippen LogP contribution in [0.3, 0.4) is 0 Å². The Morgan fingerprint density at radius 2 is 1.87 bits per heavy atom. The van der Waals surface area contributed by atoms with Crippen molar-refractivity contribution in [1.29, 1.82) is 0 Å². The summed E-state index contributed by atoms with van der Waals surface area (Å²) < 4.78 is 28.2. The number of carbonyl (C=O) groups is 1. The predicted molar refractivity (Wildman–Crippen MR) is 122 cm³/mol. The molecule has 0 aliphatic carbocycles. The topological polar surface area (TPSA) is 88.2 Å². The van der Waals surface area contributed by atoms with E-state index < -0.39 is 10.0 Å². The van der Waals surface area contributed by atoms with E-state index in [-0.39, 0.29) is 10.8 Å². The third-order valence-electron chi connectivity index (χ3n) is 4.50. The maximum atomic E-state index is 12.8. The van der Waals surface area contributed by atoms with Crippen molar-refractivity contribution in [3.8, 4) is 11.3 Å². The number of sulfonamides is 1. The van der Waals surface area contributed by atoms with Crippen LogP contribution < -0.4 is 10.0 Å². The van der Waals surface area contributed by atoms with E-state index in [0.717, 1.165) is 30.4 Å². The van der Waals surface area contributed by atoms with Crippen molar-refractivity contribution in [2.75, 3.05) is 10.0 Å². The van der Waals surface area contributed by atoms with Crippen LogP contribution in [0.25, 0.3) is 11.3 Å². The molecule has 1 aromatic heterocycles. The van der Waals surface area contributed by atoms with Crippen LogP contribution in [-0.4, -0.2) is 19.3 Å². The van der Waals surface area contributed by atoms with E-state index >= 15 is 0 Å². The molecule has 0 radical (unpaired) electrons. The molecule has 0 aliphatic heterocycles. The van der Waals surface area contributed by atoms with Gasteiger partial charge in [-0.2, -0.15) is 0 Å². The Bertz CT molecular complexity index is 1110. The van der Waals surface area contributed by atoms with Crippen molar-refractivity contribution in [2.45, 2.75) is 44.4 Å². The summed E-state index contributed by atoms with van der Waals surface area (Å²) in [5, 5.41) is 4.96. The highest BCUT2D eigenvalue weighted by atomic mass is 32.2. The van der Waals surface area contributed by atoms with Gasteiger partial charge in [0.05, 0.1) is 10.6 Å². The summed E-state index contributed by atoms with van der Waals surface area (Å²) in [6.45, 7) is 3.58. The minimum absolute atomic E-state index is 0.186. The molecule has 158 valence electrons. The first-order valence-corrected chi connectivity index (χ1v) is 12.2. The van der Waals surface area contributed by atoms with Gasteiger partial charge in [-0.05, 0) is 42.7 Å². The molecule has 6 nitrogen and oxygen atoms in total. The number of amides is 1. The van der Waals surface area contributed by atoms with Crippen molar-refractivity contribution in [2.24, 2.45) is 0 Å². The van der Waals surface area contributed by atoms with Crippen LogP contribution in [-0.2, 0) is 21.2 Å². The van der Waals surface area contributed by atoms with Crippen LogP contribution in [0.2, 0.25) is 0 Å². The van der Waals surface area contributed by atoms with E-state index in [1.165, 1.54) is 24.7 Å². The molecule has 2 aromatic carbocycles. The number of aryl methyl sites for hydroxylation is 1. The maximum absolute atomic E-state index is 12.8. The van der Waals surface area contributed by atoms with Crippen molar-refractivity contribution in [1.82, 2.24) is 4.98 Å². The first-order valence-electron chi connectivity index (χ1n) is 9.82. The van der Waals surface area contributed by atoms with Gasteiger partial charge in [0.15, 0.2) is 5.13 Å². The molecule has 0 unspecified atom stereocenters. The van der Waals surface area contributed by atoms with Crippen LogP contribution in [0.5, 0.6) is 0 Å². The van der Waals surface area contributed by atoms with Gasteiger partial charge in [0.2, 0.25) is 5.91 Å². The molecule has 2 N–H and O–H groups in total. The third-order valence-corrected chi connectivity index (χ3v) is 6.66. The van der Waals surface area contributed by atoms with Gasteiger partial charge < -0.3 is 5.32 Å². The SMILES string of the molecule is CCCCCc1ccc(S(=O)(=O)Nc2cccc(-c3csc(NC(C)=O)n3)c2)cc1. The van der Waals surface area contributed by atoms with Gasteiger partial charge >= 0.3 is 0 Å². The molecule has 0 saturated heterocycles. The fourth-order valence-corrected chi connectivity index (χ4v) is 4.80. The number of benzene rings is 2. The lowest BCUT2D eigenvalue weighted by Crippen LogP contribution is -2.13. The quantitative estimate of drug-likeness (QED) is 0.439. The van der Waals surface area contributed by atoms with Gasteiger partial charge in [0, 0.05) is 23.6 Å². The summed E-state index contributed by atoms with van der Waals surface area (Å²) in [5.41, 5.74) is 3.02. The number of rotatable bonds is 9. The highest BCUT2D eigenvalue weighted by molar-refractivity contribution is 7.92. The molecule has 0 fully saturated rings. The number of anilines is 2. The summed E-state index contributed by atoms with van der Waals surface area (Å²) >= 11 is 1.32. The molecule has 0 aliphatic rings. The molecule has 1 heterocycles. The summed E-state index contributed by atoms with van der Waals surface area (Å²) in [5.74, 6) is -0.186. The molecule has 0 bridgehead atoms. The normalized spacial score (nSPS) is 11.3. The van der Waals surface area contributed by atoms with Gasteiger partial charge in [-0.1, -0.05) is 44.0 Å². The third kappa shape index (κ3) is 5.90. The van der Waals surface area contributed by atoms with E-state index in [1.807, 2.05) is 23.6 Å². The lowest BCUT2D eigenvalue weighted by molar-refractivity contribution is -0.114. The van der Waals surface area contributed by atoms with Gasteiger partial charge in [-0.15, -0.1) is 11.3 Å². The first-order chi connectivity index (χ1) is 14.4. The standard InChI is InChI=1S/C22H25N3O3S2/c1-3-4-5-7-17-10-12-20(13-11-17)30(27,28)25-19-9-6-8-18(14-19)21-15-29-22(24-21)23-16(2)26/h6,8-15,25H,3-5,7H2,1-2H3,(H,23,24,26). The molecular formula is C22H25N3O3S2. The average molecular weight is 444 g/mol. The Hall–Kier alpha value is -2.71. The highest BCUT2D eigenvalue weighted by Gasteiger charge is 2.15. The van der Waals surface area contributed by atoms with Crippen LogP contribution in [0.1, 0.15) is 38.7 Å². The zero-order chi connectivity index (χ0) is 21.6. The highest BCUT2D eigenvalue weighted by Crippen LogP contribution is 2.27. The number of aromatic nitrogens is 1. The Kier molecular flexibility index (Phi) is 7.23. The largest absolute Gasteiger partial charge is 0.302 e. The Morgan fingerprint density at radius 1 is 1.10 bits per heavy atom. The fraction of sp³-hybridized carbons (Fsp3) is 0.273. The number of hydrogen-bond acceptors (Lipinski definition) is 5. The Balaban J connectivity index is 1.73. The molecule has 8 heteroatoms. The van der Waals surface area contributed by atoms with Gasteiger partial charge in [0.1, 0.15) is 0 Å². The molecule has 3 aromatic rings. The number of nitrogens with zero attached hydrogens (tertiary/aromatic N) is 1. The van der Waals surface area contributed by atoms with E-state index in [2.05, 4.69) is 21.9 Å². The van der Waals surface area contributed by atoms with E-state index in [4.69, 9.17) is 0 Å². The Morgan fingerprint density at radius 3 is 2.57 bits per heavy atom. The molecule has 3 rings (SSSR count). The van der Waals surface area contributed by atoms with Crippen LogP contribution in [0.15, 0.2) is 58.8 Å². The number of unbranched alkanes of at least 4 members (excludes halogenated alkanes) is 2. The fourth-order valence-electron chi connectivity index (χ4n) is 2.98. The smallest absolute Gasteiger partial charge is 0.261 e. The molecule has 1 amide bonds. The second-order valence-electron chi connectivity index (χ2n) is 7.01. The van der Waals surface area contributed by atoms with Crippen molar-refractivity contribution in [3.63, 3.8) is 0 Å². The minimum atomic E-state index is -3.69. The predicted octanol–water partition coefficient (Wildman–Crippen LogP) is 5.30. The number of thiazole rings is 1. The monoisotopic (exact) mass is 443 g/mol. The van der Waals surface area contributed by atoms with Crippen LogP contribution in [0, 0.1) is 0 Å². The summed E-state index contributed by atoms with van der Waals surface area (Å²) in [7, 11) is -3.69. The summed E-state index contributed by atoms with van der Waals surface area (Å²) in [4.78, 5) is 15.8. The van der Waals surface area contributed by atoms with E-state index in [1.54, 1.807) is 30.3 Å². The molecule has 30 heavy (non-hydrogen) atoms. The summed E-state index contributed by atoms with van der Waals surface area (Å²) in [6, 6.07) is 14.1. The summed E-state index contributed by atoms with van der Waals surface area (Å²) in [6.07, 6.45) is 4.39. The molecule has 0 atom stereocenters. The van der Waals surface area contributed by atoms with Crippen molar-refractivity contribution < 1.29 is 13.2 Å². The lowest BCUT2D eigenvalue weighted by atomic mass is 10.1. The average Bonchev–Trinajstić information content (AvgIpc) is 3.16. The Labute approximate surface area is 181 Å².